The SMILES string of the molecule is CSc1ccc(C2=C(c3cccc(F)c3)C(=O)C(C)(C)O2)cc1C. The molecule has 0 amide bonds. The zero-order valence-corrected chi connectivity index (χ0v) is 15.0. The number of aryl methyl sites for hydroxylation is 1. The van der Waals surface area contributed by atoms with Crippen LogP contribution < -0.4 is 0 Å². The van der Waals surface area contributed by atoms with Gasteiger partial charge in [0.2, 0.25) is 5.78 Å². The van der Waals surface area contributed by atoms with Crippen molar-refractivity contribution < 1.29 is 13.9 Å². The fraction of sp³-hybridized carbons (Fsp3) is 0.250. The number of ether oxygens (including phenoxy) is 1. The molecule has 0 bridgehead atoms. The first-order valence-electron chi connectivity index (χ1n) is 7.72. The lowest BCUT2D eigenvalue weighted by atomic mass is 9.92. The summed E-state index contributed by atoms with van der Waals surface area (Å²) in [6.07, 6.45) is 2.03. The zero-order chi connectivity index (χ0) is 17.5. The molecule has 0 aromatic heterocycles. The van der Waals surface area contributed by atoms with Crippen molar-refractivity contribution in [1.29, 1.82) is 0 Å². The van der Waals surface area contributed by atoms with Crippen molar-refractivity contribution in [2.24, 2.45) is 0 Å². The Hall–Kier alpha value is -2.07. The molecule has 1 aliphatic rings. The molecule has 0 radical (unpaired) electrons. The first-order valence-corrected chi connectivity index (χ1v) is 8.95. The fourth-order valence-corrected chi connectivity index (χ4v) is 3.47. The molecule has 1 aliphatic heterocycles. The van der Waals surface area contributed by atoms with Crippen LogP contribution in [0, 0.1) is 12.7 Å². The Labute approximate surface area is 145 Å². The van der Waals surface area contributed by atoms with Crippen molar-refractivity contribution in [3.8, 4) is 0 Å². The van der Waals surface area contributed by atoms with Gasteiger partial charge < -0.3 is 4.74 Å². The third kappa shape index (κ3) is 2.86. The molecular formula is C20H19FO2S. The molecule has 2 aromatic rings. The van der Waals surface area contributed by atoms with Crippen LogP contribution in [-0.2, 0) is 9.53 Å². The lowest BCUT2D eigenvalue weighted by Crippen LogP contribution is -2.29. The number of rotatable bonds is 3. The van der Waals surface area contributed by atoms with E-state index in [1.807, 2.05) is 31.4 Å². The molecule has 2 aromatic carbocycles. The molecule has 0 saturated carbocycles. The third-order valence-electron chi connectivity index (χ3n) is 4.13. The summed E-state index contributed by atoms with van der Waals surface area (Å²) in [6.45, 7) is 5.51. The average Bonchev–Trinajstić information content (AvgIpc) is 2.77. The second-order valence-electron chi connectivity index (χ2n) is 6.34. The highest BCUT2D eigenvalue weighted by Gasteiger charge is 2.42. The molecule has 3 rings (SSSR count). The summed E-state index contributed by atoms with van der Waals surface area (Å²) in [6, 6.07) is 12.1. The normalized spacial score (nSPS) is 16.5. The van der Waals surface area contributed by atoms with E-state index in [0.29, 0.717) is 16.9 Å². The molecule has 0 N–H and O–H groups in total. The van der Waals surface area contributed by atoms with Gasteiger partial charge in [-0.1, -0.05) is 18.2 Å². The van der Waals surface area contributed by atoms with Gasteiger partial charge >= 0.3 is 0 Å². The molecule has 0 spiro atoms. The smallest absolute Gasteiger partial charge is 0.210 e. The predicted octanol–water partition coefficient (Wildman–Crippen LogP) is 5.10. The largest absolute Gasteiger partial charge is 0.478 e. The summed E-state index contributed by atoms with van der Waals surface area (Å²) < 4.78 is 19.6. The Morgan fingerprint density at radius 3 is 2.46 bits per heavy atom. The molecule has 124 valence electrons. The average molecular weight is 342 g/mol. The molecule has 0 aliphatic carbocycles. The van der Waals surface area contributed by atoms with Crippen LogP contribution in [0.2, 0.25) is 0 Å². The maximum absolute atomic E-state index is 13.7. The van der Waals surface area contributed by atoms with E-state index in [0.717, 1.165) is 11.1 Å². The summed E-state index contributed by atoms with van der Waals surface area (Å²) in [5.74, 6) is 0.0202. The quantitative estimate of drug-likeness (QED) is 0.726. The van der Waals surface area contributed by atoms with Gasteiger partial charge in [0, 0.05) is 10.5 Å². The van der Waals surface area contributed by atoms with Gasteiger partial charge in [-0.25, -0.2) is 4.39 Å². The molecule has 4 heteroatoms. The summed E-state index contributed by atoms with van der Waals surface area (Å²) in [5.41, 5.74) is 1.99. The van der Waals surface area contributed by atoms with Gasteiger partial charge in [0.15, 0.2) is 5.60 Å². The van der Waals surface area contributed by atoms with Crippen LogP contribution in [0.3, 0.4) is 0 Å². The Kier molecular flexibility index (Phi) is 4.26. The number of hydrogen-bond donors (Lipinski definition) is 0. The minimum Gasteiger partial charge on any atom is -0.478 e. The molecule has 1 heterocycles. The number of thioether (sulfide) groups is 1. The maximum Gasteiger partial charge on any atom is 0.210 e. The number of carbonyl (C=O) groups is 1. The molecule has 0 atom stereocenters. The fourth-order valence-electron chi connectivity index (χ4n) is 2.89. The second kappa shape index (κ2) is 6.10. The van der Waals surface area contributed by atoms with E-state index >= 15 is 0 Å². The van der Waals surface area contributed by atoms with Gasteiger partial charge in [-0.3, -0.25) is 4.79 Å². The Bertz CT molecular complexity index is 852. The van der Waals surface area contributed by atoms with Crippen molar-refractivity contribution in [3.63, 3.8) is 0 Å². The Balaban J connectivity index is 2.20. The van der Waals surface area contributed by atoms with E-state index < -0.39 is 5.60 Å². The predicted molar refractivity (Wildman–Crippen MR) is 96.3 cm³/mol. The van der Waals surface area contributed by atoms with Gasteiger partial charge in [0.1, 0.15) is 11.6 Å². The van der Waals surface area contributed by atoms with Crippen LogP contribution in [0.4, 0.5) is 4.39 Å². The van der Waals surface area contributed by atoms with E-state index in [2.05, 4.69) is 0 Å². The van der Waals surface area contributed by atoms with E-state index in [1.54, 1.807) is 37.7 Å². The van der Waals surface area contributed by atoms with Crippen LogP contribution in [0.5, 0.6) is 0 Å². The Morgan fingerprint density at radius 2 is 1.83 bits per heavy atom. The van der Waals surface area contributed by atoms with Crippen LogP contribution in [0.15, 0.2) is 47.4 Å². The number of carbonyl (C=O) groups excluding carboxylic acids is 1. The second-order valence-corrected chi connectivity index (χ2v) is 7.19. The molecule has 2 nitrogen and oxygen atoms in total. The standard InChI is InChI=1S/C20H19FO2S/c1-12-10-14(8-9-16(12)24-4)18-17(19(22)20(2,3)23-18)13-6-5-7-15(21)11-13/h5-11H,1-4H3. The summed E-state index contributed by atoms with van der Waals surface area (Å²) in [4.78, 5) is 14.0. The van der Waals surface area contributed by atoms with Crippen molar-refractivity contribution in [2.45, 2.75) is 31.3 Å². The van der Waals surface area contributed by atoms with Gasteiger partial charge in [0.25, 0.3) is 0 Å². The number of halogens is 1. The summed E-state index contributed by atoms with van der Waals surface area (Å²) >= 11 is 1.67. The van der Waals surface area contributed by atoms with Crippen LogP contribution >= 0.6 is 11.8 Å². The molecular weight excluding hydrogens is 323 g/mol. The highest BCUT2D eigenvalue weighted by Crippen LogP contribution is 2.42. The van der Waals surface area contributed by atoms with E-state index in [1.165, 1.54) is 17.0 Å². The summed E-state index contributed by atoms with van der Waals surface area (Å²) in [7, 11) is 0. The van der Waals surface area contributed by atoms with Gasteiger partial charge in [-0.05, 0) is 62.4 Å². The molecule has 0 fully saturated rings. The van der Waals surface area contributed by atoms with E-state index in [-0.39, 0.29) is 11.6 Å². The lowest BCUT2D eigenvalue weighted by molar-refractivity contribution is -0.125. The van der Waals surface area contributed by atoms with Gasteiger partial charge in [-0.15, -0.1) is 11.8 Å². The van der Waals surface area contributed by atoms with Crippen LogP contribution in [-0.4, -0.2) is 17.6 Å². The highest BCUT2D eigenvalue weighted by molar-refractivity contribution is 7.98. The number of hydrogen-bond acceptors (Lipinski definition) is 3. The monoisotopic (exact) mass is 342 g/mol. The third-order valence-corrected chi connectivity index (χ3v) is 5.03. The number of ketones is 1. The minimum absolute atomic E-state index is 0.130. The van der Waals surface area contributed by atoms with Crippen LogP contribution in [0.1, 0.15) is 30.5 Å². The lowest BCUT2D eigenvalue weighted by Gasteiger charge is -2.18. The number of Topliss-reactive ketones (excluding diaryl/α,β-unsaturated/α-hetero) is 1. The first-order chi connectivity index (χ1) is 11.3. The van der Waals surface area contributed by atoms with Crippen molar-refractivity contribution in [3.05, 3.63) is 65.0 Å². The zero-order valence-electron chi connectivity index (χ0n) is 14.1. The van der Waals surface area contributed by atoms with Gasteiger partial charge in [-0.2, -0.15) is 0 Å². The topological polar surface area (TPSA) is 26.3 Å². The highest BCUT2D eigenvalue weighted by atomic mass is 32.2. The van der Waals surface area contributed by atoms with Crippen molar-refractivity contribution in [2.75, 3.05) is 6.26 Å². The maximum atomic E-state index is 13.7. The van der Waals surface area contributed by atoms with E-state index in [9.17, 15) is 9.18 Å². The van der Waals surface area contributed by atoms with E-state index in [4.69, 9.17) is 4.74 Å². The first kappa shape index (κ1) is 16.8. The number of benzene rings is 2. The molecule has 0 unspecified atom stereocenters. The summed E-state index contributed by atoms with van der Waals surface area (Å²) in [5, 5.41) is 0. The van der Waals surface area contributed by atoms with Crippen molar-refractivity contribution >= 4 is 28.9 Å². The van der Waals surface area contributed by atoms with Gasteiger partial charge in [0.05, 0.1) is 5.57 Å². The van der Waals surface area contributed by atoms with Crippen molar-refractivity contribution in [1.82, 2.24) is 0 Å². The van der Waals surface area contributed by atoms with Crippen LogP contribution in [0.25, 0.3) is 11.3 Å². The Morgan fingerprint density at radius 1 is 1.08 bits per heavy atom. The minimum atomic E-state index is -0.955. The molecule has 0 saturated heterocycles. The molecule has 24 heavy (non-hydrogen) atoms.